The third-order valence-corrected chi connectivity index (χ3v) is 5.58. The van der Waals surface area contributed by atoms with Gasteiger partial charge in [-0.25, -0.2) is 4.98 Å². The van der Waals surface area contributed by atoms with Crippen LogP contribution in [-0.4, -0.2) is 16.7 Å². The van der Waals surface area contributed by atoms with Crippen LogP contribution >= 0.6 is 11.8 Å². The van der Waals surface area contributed by atoms with Crippen LogP contribution in [-0.2, 0) is 12.5 Å². The molecule has 0 atom stereocenters. The Labute approximate surface area is 160 Å². The lowest BCUT2D eigenvalue weighted by Gasteiger charge is -2.19. The van der Waals surface area contributed by atoms with Gasteiger partial charge in [-0.05, 0) is 42.2 Å². The van der Waals surface area contributed by atoms with Gasteiger partial charge < -0.3 is 9.30 Å². The van der Waals surface area contributed by atoms with E-state index >= 15 is 0 Å². The molecule has 1 heterocycles. The molecule has 0 saturated carbocycles. The number of nitrogens with zero attached hydrogens (tertiary/aromatic N) is 2. The summed E-state index contributed by atoms with van der Waals surface area (Å²) in [4.78, 5) is 5.86. The highest BCUT2D eigenvalue weighted by molar-refractivity contribution is 7.99. The van der Waals surface area contributed by atoms with Gasteiger partial charge in [-0.2, -0.15) is 0 Å². The first kappa shape index (κ1) is 18.6. The van der Waals surface area contributed by atoms with E-state index in [1.807, 2.05) is 12.3 Å². The minimum atomic E-state index is 0.171. The molecule has 0 spiro atoms. The topological polar surface area (TPSA) is 27.1 Å². The zero-order valence-electron chi connectivity index (χ0n) is 16.3. The van der Waals surface area contributed by atoms with E-state index < -0.39 is 0 Å². The molecule has 0 aliphatic carbocycles. The van der Waals surface area contributed by atoms with Crippen molar-refractivity contribution in [3.05, 3.63) is 59.8 Å². The molecule has 0 radical (unpaired) electrons. The lowest BCUT2D eigenvalue weighted by molar-refractivity contribution is 0.416. The fourth-order valence-corrected chi connectivity index (χ4v) is 3.72. The Morgan fingerprint density at radius 1 is 1.04 bits per heavy atom. The third kappa shape index (κ3) is 3.80. The van der Waals surface area contributed by atoms with Crippen LogP contribution in [0.25, 0.3) is 11.4 Å². The number of hydrogen-bond donors (Lipinski definition) is 0. The Bertz CT molecular complexity index is 905. The van der Waals surface area contributed by atoms with E-state index in [0.29, 0.717) is 0 Å². The number of hydrogen-bond acceptors (Lipinski definition) is 3. The average molecular weight is 367 g/mol. The van der Waals surface area contributed by atoms with Gasteiger partial charge in [0.1, 0.15) is 11.6 Å². The normalized spacial score (nSPS) is 11.6. The van der Waals surface area contributed by atoms with E-state index in [-0.39, 0.29) is 5.41 Å². The van der Waals surface area contributed by atoms with Crippen LogP contribution in [0.4, 0.5) is 0 Å². The van der Waals surface area contributed by atoms with Crippen molar-refractivity contribution in [3.8, 4) is 17.1 Å². The quantitative estimate of drug-likeness (QED) is 0.579. The summed E-state index contributed by atoms with van der Waals surface area (Å²) < 4.78 is 7.65. The van der Waals surface area contributed by atoms with Gasteiger partial charge >= 0.3 is 0 Å². The van der Waals surface area contributed by atoms with Gasteiger partial charge in [-0.15, -0.1) is 0 Å². The van der Waals surface area contributed by atoms with Crippen molar-refractivity contribution in [2.45, 2.75) is 43.0 Å². The largest absolute Gasteiger partial charge is 0.496 e. The molecule has 0 fully saturated rings. The SMILES string of the molecule is COc1ccc(C)cc1-c1ncc(Sc2ccc(C(C)(C)C)cc2)n1C. The molecule has 0 aliphatic rings. The maximum atomic E-state index is 5.52. The lowest BCUT2D eigenvalue weighted by Crippen LogP contribution is -2.10. The van der Waals surface area contributed by atoms with Crippen molar-refractivity contribution in [2.75, 3.05) is 7.11 Å². The number of aryl methyl sites for hydroxylation is 1. The molecule has 3 aromatic rings. The van der Waals surface area contributed by atoms with Gasteiger partial charge in [0.2, 0.25) is 0 Å². The molecule has 0 unspecified atom stereocenters. The summed E-state index contributed by atoms with van der Waals surface area (Å²) in [6.45, 7) is 8.78. The molecule has 0 amide bonds. The highest BCUT2D eigenvalue weighted by Crippen LogP contribution is 2.35. The van der Waals surface area contributed by atoms with Crippen LogP contribution in [0.3, 0.4) is 0 Å². The van der Waals surface area contributed by atoms with Crippen LogP contribution in [0, 0.1) is 6.92 Å². The Hall–Kier alpha value is -2.20. The van der Waals surface area contributed by atoms with Crippen LogP contribution < -0.4 is 4.74 Å². The first-order valence-electron chi connectivity index (χ1n) is 8.74. The maximum absolute atomic E-state index is 5.52. The second-order valence-corrected chi connectivity index (χ2v) is 8.65. The minimum Gasteiger partial charge on any atom is -0.496 e. The molecule has 1 aromatic heterocycles. The Balaban J connectivity index is 1.89. The molecular formula is C22H26N2OS. The smallest absolute Gasteiger partial charge is 0.144 e. The third-order valence-electron chi connectivity index (χ3n) is 4.48. The number of benzene rings is 2. The van der Waals surface area contributed by atoms with Crippen molar-refractivity contribution in [1.82, 2.24) is 9.55 Å². The summed E-state index contributed by atoms with van der Waals surface area (Å²) >= 11 is 1.73. The van der Waals surface area contributed by atoms with E-state index in [2.05, 4.69) is 80.7 Å². The monoisotopic (exact) mass is 366 g/mol. The fourth-order valence-electron chi connectivity index (χ4n) is 2.88. The molecule has 0 aliphatic heterocycles. The standard InChI is InChI=1S/C22H26N2OS/c1-15-7-12-19(25-6)18(13-15)21-23-14-20(24(21)5)26-17-10-8-16(9-11-17)22(2,3)4/h7-14H,1-6H3. The highest BCUT2D eigenvalue weighted by Gasteiger charge is 2.16. The Morgan fingerprint density at radius 3 is 2.35 bits per heavy atom. The zero-order valence-corrected chi connectivity index (χ0v) is 17.1. The van der Waals surface area contributed by atoms with Crippen LogP contribution in [0.15, 0.2) is 58.6 Å². The molecule has 3 rings (SSSR count). The van der Waals surface area contributed by atoms with Gasteiger partial charge in [0.25, 0.3) is 0 Å². The Kier molecular flexibility index (Phi) is 5.15. The first-order valence-corrected chi connectivity index (χ1v) is 9.56. The van der Waals surface area contributed by atoms with Crippen LogP contribution in [0.5, 0.6) is 5.75 Å². The number of methoxy groups -OCH3 is 1. The number of aromatic nitrogens is 2. The van der Waals surface area contributed by atoms with Crippen molar-refractivity contribution in [3.63, 3.8) is 0 Å². The molecule has 26 heavy (non-hydrogen) atoms. The van der Waals surface area contributed by atoms with E-state index in [4.69, 9.17) is 4.74 Å². The molecule has 136 valence electrons. The van der Waals surface area contributed by atoms with E-state index in [9.17, 15) is 0 Å². The zero-order chi connectivity index (χ0) is 18.9. The minimum absolute atomic E-state index is 0.171. The molecule has 2 aromatic carbocycles. The van der Waals surface area contributed by atoms with Crippen LogP contribution in [0.2, 0.25) is 0 Å². The van der Waals surface area contributed by atoms with Crippen molar-refractivity contribution >= 4 is 11.8 Å². The summed E-state index contributed by atoms with van der Waals surface area (Å²) in [7, 11) is 3.75. The van der Waals surface area contributed by atoms with Gasteiger partial charge in [0, 0.05) is 11.9 Å². The molecule has 0 N–H and O–H groups in total. The predicted molar refractivity (Wildman–Crippen MR) is 109 cm³/mol. The number of ether oxygens (including phenoxy) is 1. The van der Waals surface area contributed by atoms with Gasteiger partial charge in [-0.3, -0.25) is 0 Å². The first-order chi connectivity index (χ1) is 12.3. The number of rotatable bonds is 4. The molecule has 0 saturated heterocycles. The maximum Gasteiger partial charge on any atom is 0.144 e. The second kappa shape index (κ2) is 7.20. The van der Waals surface area contributed by atoms with E-state index in [1.165, 1.54) is 16.0 Å². The molecule has 0 bridgehead atoms. The lowest BCUT2D eigenvalue weighted by atomic mass is 9.87. The van der Waals surface area contributed by atoms with E-state index in [1.54, 1.807) is 18.9 Å². The summed E-state index contributed by atoms with van der Waals surface area (Å²) in [5.41, 5.74) is 3.72. The molecule has 3 nitrogen and oxygen atoms in total. The van der Waals surface area contributed by atoms with Gasteiger partial charge in [0.05, 0.1) is 23.9 Å². The Morgan fingerprint density at radius 2 is 1.73 bits per heavy atom. The van der Waals surface area contributed by atoms with Crippen molar-refractivity contribution < 1.29 is 4.74 Å². The van der Waals surface area contributed by atoms with Crippen LogP contribution in [0.1, 0.15) is 31.9 Å². The predicted octanol–water partition coefficient (Wildman–Crippen LogP) is 5.85. The second-order valence-electron chi connectivity index (χ2n) is 7.56. The highest BCUT2D eigenvalue weighted by atomic mass is 32.2. The van der Waals surface area contributed by atoms with Crippen molar-refractivity contribution in [1.29, 1.82) is 0 Å². The number of imidazole rings is 1. The summed E-state index contributed by atoms with van der Waals surface area (Å²) in [5.74, 6) is 1.76. The average Bonchev–Trinajstić information content (AvgIpc) is 2.95. The summed E-state index contributed by atoms with van der Waals surface area (Å²) in [6, 6.07) is 15.0. The van der Waals surface area contributed by atoms with Crippen molar-refractivity contribution in [2.24, 2.45) is 7.05 Å². The van der Waals surface area contributed by atoms with Gasteiger partial charge in [-0.1, -0.05) is 56.3 Å². The summed E-state index contributed by atoms with van der Waals surface area (Å²) in [6.07, 6.45) is 1.93. The van der Waals surface area contributed by atoms with Gasteiger partial charge in [0.15, 0.2) is 0 Å². The molecule has 4 heteroatoms. The molecular weight excluding hydrogens is 340 g/mol. The van der Waals surface area contributed by atoms with E-state index in [0.717, 1.165) is 22.2 Å². The fraction of sp³-hybridized carbons (Fsp3) is 0.318. The summed E-state index contributed by atoms with van der Waals surface area (Å²) in [5, 5.41) is 1.10.